The summed E-state index contributed by atoms with van der Waals surface area (Å²) in [6, 6.07) is 14.0. The van der Waals surface area contributed by atoms with Crippen molar-refractivity contribution < 1.29 is 23.8 Å². The van der Waals surface area contributed by atoms with Crippen LogP contribution < -0.4 is 10.1 Å². The Kier molecular flexibility index (Phi) is 8.07. The summed E-state index contributed by atoms with van der Waals surface area (Å²) in [6.45, 7) is 4.72. The van der Waals surface area contributed by atoms with Gasteiger partial charge in [0.1, 0.15) is 18.5 Å². The molecule has 6 heteroatoms. The number of esters is 2. The molecule has 27 heavy (non-hydrogen) atoms. The van der Waals surface area contributed by atoms with Gasteiger partial charge in [0.25, 0.3) is 0 Å². The van der Waals surface area contributed by atoms with Gasteiger partial charge in [-0.2, -0.15) is 0 Å². The normalized spacial score (nSPS) is 12.0. The van der Waals surface area contributed by atoms with Crippen LogP contribution in [0.2, 0.25) is 0 Å². The van der Waals surface area contributed by atoms with Gasteiger partial charge in [-0.3, -0.25) is 9.59 Å². The number of hydrogen-bond acceptors (Lipinski definition) is 6. The molecule has 0 amide bonds. The fraction of sp³-hybridized carbons (Fsp3) is 0.429. The molecular formula is C21H27NO5. The molecule has 0 aliphatic heterocycles. The highest BCUT2D eigenvalue weighted by Crippen LogP contribution is 2.25. The van der Waals surface area contributed by atoms with Crippen molar-refractivity contribution in [1.82, 2.24) is 5.32 Å². The van der Waals surface area contributed by atoms with E-state index in [2.05, 4.69) is 10.1 Å². The maximum absolute atomic E-state index is 12.0. The number of fused-ring (bicyclic) bond motifs is 1. The molecule has 0 heterocycles. The molecule has 0 saturated heterocycles. The highest BCUT2D eigenvalue weighted by Gasteiger charge is 2.17. The first-order valence-corrected chi connectivity index (χ1v) is 9.10. The maximum atomic E-state index is 12.0. The van der Waals surface area contributed by atoms with Gasteiger partial charge in [-0.15, -0.1) is 0 Å². The first-order valence-electron chi connectivity index (χ1n) is 9.10. The summed E-state index contributed by atoms with van der Waals surface area (Å²) in [5, 5.41) is 5.34. The molecule has 0 aromatic heterocycles. The molecule has 2 aromatic carbocycles. The van der Waals surface area contributed by atoms with Crippen LogP contribution in [-0.2, 0) is 19.1 Å². The number of nitrogens with one attached hydrogen (secondary N) is 1. The van der Waals surface area contributed by atoms with Crippen molar-refractivity contribution in [2.24, 2.45) is 0 Å². The lowest BCUT2D eigenvalue weighted by atomic mass is 10.1. The zero-order chi connectivity index (χ0) is 19.6. The van der Waals surface area contributed by atoms with E-state index in [4.69, 9.17) is 9.47 Å². The van der Waals surface area contributed by atoms with Gasteiger partial charge in [0.05, 0.1) is 20.0 Å². The van der Waals surface area contributed by atoms with Crippen LogP contribution in [0.3, 0.4) is 0 Å². The SMILES string of the molecule is COC(=O)CCC(=O)OC(CNC(C)C)COc1cccc2ccccc12. The quantitative estimate of drug-likeness (QED) is 0.645. The van der Waals surface area contributed by atoms with Crippen molar-refractivity contribution in [3.8, 4) is 5.75 Å². The Balaban J connectivity index is 1.98. The summed E-state index contributed by atoms with van der Waals surface area (Å²) < 4.78 is 16.0. The average Bonchev–Trinajstić information content (AvgIpc) is 2.67. The summed E-state index contributed by atoms with van der Waals surface area (Å²) in [6.07, 6.45) is -0.473. The van der Waals surface area contributed by atoms with Crippen molar-refractivity contribution in [3.63, 3.8) is 0 Å². The summed E-state index contributed by atoms with van der Waals surface area (Å²) in [5.74, 6) is -0.137. The van der Waals surface area contributed by atoms with Crippen LogP contribution in [0.1, 0.15) is 26.7 Å². The summed E-state index contributed by atoms with van der Waals surface area (Å²) in [7, 11) is 1.29. The second-order valence-electron chi connectivity index (χ2n) is 6.54. The van der Waals surface area contributed by atoms with Crippen molar-refractivity contribution in [2.45, 2.75) is 38.8 Å². The number of methoxy groups -OCH3 is 1. The molecule has 0 spiro atoms. The van der Waals surface area contributed by atoms with E-state index >= 15 is 0 Å². The van der Waals surface area contributed by atoms with E-state index < -0.39 is 18.0 Å². The number of carbonyl (C=O) groups excluding carboxylic acids is 2. The third kappa shape index (κ3) is 6.90. The molecule has 0 aliphatic carbocycles. The van der Waals surface area contributed by atoms with E-state index in [1.54, 1.807) is 0 Å². The molecule has 1 atom stereocenters. The Morgan fingerprint density at radius 2 is 1.70 bits per heavy atom. The van der Waals surface area contributed by atoms with Gasteiger partial charge in [-0.1, -0.05) is 50.2 Å². The molecule has 1 N–H and O–H groups in total. The monoisotopic (exact) mass is 373 g/mol. The molecule has 2 rings (SSSR count). The summed E-state index contributed by atoms with van der Waals surface area (Å²) >= 11 is 0. The standard InChI is InChI=1S/C21H27NO5/c1-15(2)22-13-17(27-21(24)12-11-20(23)25-3)14-26-19-10-6-8-16-7-4-5-9-18(16)19/h4-10,15,17,22H,11-14H2,1-3H3. The second-order valence-corrected chi connectivity index (χ2v) is 6.54. The molecular weight excluding hydrogens is 346 g/mol. The van der Waals surface area contributed by atoms with Crippen molar-refractivity contribution in [1.29, 1.82) is 0 Å². The van der Waals surface area contributed by atoms with Gasteiger partial charge in [0, 0.05) is 18.0 Å². The van der Waals surface area contributed by atoms with Crippen molar-refractivity contribution >= 4 is 22.7 Å². The fourth-order valence-electron chi connectivity index (χ4n) is 2.56. The van der Waals surface area contributed by atoms with Crippen LogP contribution in [0.25, 0.3) is 10.8 Å². The number of hydrogen-bond donors (Lipinski definition) is 1. The smallest absolute Gasteiger partial charge is 0.306 e. The molecule has 0 bridgehead atoms. The Labute approximate surface area is 159 Å². The van der Waals surface area contributed by atoms with E-state index in [0.29, 0.717) is 6.54 Å². The minimum atomic E-state index is -0.462. The third-order valence-corrected chi connectivity index (χ3v) is 3.99. The summed E-state index contributed by atoms with van der Waals surface area (Å²) in [4.78, 5) is 23.2. The van der Waals surface area contributed by atoms with Gasteiger partial charge in [-0.25, -0.2) is 0 Å². The van der Waals surface area contributed by atoms with Gasteiger partial charge in [0.2, 0.25) is 0 Å². The number of carbonyl (C=O) groups is 2. The zero-order valence-corrected chi connectivity index (χ0v) is 16.1. The molecule has 0 radical (unpaired) electrons. The number of benzene rings is 2. The van der Waals surface area contributed by atoms with E-state index in [0.717, 1.165) is 16.5 Å². The van der Waals surface area contributed by atoms with Crippen LogP contribution in [-0.4, -0.2) is 44.3 Å². The third-order valence-electron chi connectivity index (χ3n) is 3.99. The van der Waals surface area contributed by atoms with Gasteiger partial charge >= 0.3 is 11.9 Å². The van der Waals surface area contributed by atoms with Crippen LogP contribution in [0.4, 0.5) is 0 Å². The second kappa shape index (κ2) is 10.5. The Bertz CT molecular complexity index is 754. The van der Waals surface area contributed by atoms with E-state index in [1.165, 1.54) is 7.11 Å². The lowest BCUT2D eigenvalue weighted by Crippen LogP contribution is -2.38. The largest absolute Gasteiger partial charge is 0.489 e. The number of ether oxygens (including phenoxy) is 3. The van der Waals surface area contributed by atoms with Crippen LogP contribution in [0.5, 0.6) is 5.75 Å². The Morgan fingerprint density at radius 1 is 1.00 bits per heavy atom. The first-order chi connectivity index (χ1) is 13.0. The van der Waals surface area contributed by atoms with Gasteiger partial charge in [-0.05, 0) is 11.5 Å². The Hall–Kier alpha value is -2.60. The van der Waals surface area contributed by atoms with Crippen LogP contribution in [0, 0.1) is 0 Å². The maximum Gasteiger partial charge on any atom is 0.306 e. The number of rotatable bonds is 10. The Morgan fingerprint density at radius 3 is 2.44 bits per heavy atom. The molecule has 0 saturated carbocycles. The van der Waals surface area contributed by atoms with E-state index in [-0.39, 0.29) is 25.5 Å². The van der Waals surface area contributed by atoms with Crippen molar-refractivity contribution in [2.75, 3.05) is 20.3 Å². The van der Waals surface area contributed by atoms with Crippen LogP contribution in [0.15, 0.2) is 42.5 Å². The first kappa shape index (κ1) is 20.7. The molecule has 1 unspecified atom stereocenters. The van der Waals surface area contributed by atoms with E-state index in [9.17, 15) is 9.59 Å². The highest BCUT2D eigenvalue weighted by molar-refractivity contribution is 5.88. The topological polar surface area (TPSA) is 73.9 Å². The predicted octanol–water partition coefficient (Wildman–Crippen LogP) is 3.08. The summed E-state index contributed by atoms with van der Waals surface area (Å²) in [5.41, 5.74) is 0. The van der Waals surface area contributed by atoms with Gasteiger partial charge < -0.3 is 19.5 Å². The zero-order valence-electron chi connectivity index (χ0n) is 16.1. The molecule has 0 aliphatic rings. The molecule has 0 fully saturated rings. The molecule has 6 nitrogen and oxygen atoms in total. The lowest BCUT2D eigenvalue weighted by molar-refractivity contribution is -0.153. The predicted molar refractivity (Wildman–Crippen MR) is 104 cm³/mol. The minimum absolute atomic E-state index is 0.00381. The molecule has 2 aromatic rings. The lowest BCUT2D eigenvalue weighted by Gasteiger charge is -2.21. The molecule has 146 valence electrons. The minimum Gasteiger partial charge on any atom is -0.489 e. The fourth-order valence-corrected chi connectivity index (χ4v) is 2.56. The highest BCUT2D eigenvalue weighted by atomic mass is 16.6. The average molecular weight is 373 g/mol. The van der Waals surface area contributed by atoms with Gasteiger partial charge in [0.15, 0.2) is 0 Å². The van der Waals surface area contributed by atoms with Crippen molar-refractivity contribution in [3.05, 3.63) is 42.5 Å². The van der Waals surface area contributed by atoms with Crippen LogP contribution >= 0.6 is 0 Å². The van der Waals surface area contributed by atoms with E-state index in [1.807, 2.05) is 56.3 Å².